The highest BCUT2D eigenvalue weighted by Crippen LogP contribution is 2.47. The van der Waals surface area contributed by atoms with Crippen LogP contribution in [0.3, 0.4) is 0 Å². The van der Waals surface area contributed by atoms with Crippen LogP contribution in [-0.4, -0.2) is 20.0 Å². The number of hydrogen-bond donors (Lipinski definition) is 2. The molecule has 2 N–H and O–H groups in total. The number of benzene rings is 3. The standard InChI is InChI=1S/C27H24Cl2N2O3/c1-33-17-8-10-25(34-2)19(14-17)15-11-23-26(24(32)12-15)27(18-9-7-16(28)13-20(18)29)31-22-6-4-3-5-21(22)30-23/h3-10,13-15,27,30-31H,11-12H2,1-2H3. The van der Waals surface area contributed by atoms with E-state index in [2.05, 4.69) is 10.6 Å². The van der Waals surface area contributed by atoms with E-state index >= 15 is 0 Å². The predicted octanol–water partition coefficient (Wildman–Crippen LogP) is 6.99. The van der Waals surface area contributed by atoms with Crippen LogP contribution < -0.4 is 20.1 Å². The van der Waals surface area contributed by atoms with Gasteiger partial charge in [0.25, 0.3) is 0 Å². The molecule has 0 fully saturated rings. The van der Waals surface area contributed by atoms with E-state index < -0.39 is 6.04 Å². The Balaban J connectivity index is 1.63. The number of rotatable bonds is 4. The highest BCUT2D eigenvalue weighted by Gasteiger charge is 2.37. The van der Waals surface area contributed by atoms with Crippen molar-refractivity contribution in [2.24, 2.45) is 0 Å². The van der Waals surface area contributed by atoms with Crippen LogP contribution in [-0.2, 0) is 4.79 Å². The number of Topliss-reactive ketones (excluding diaryl/α,β-unsaturated/α-hetero) is 1. The van der Waals surface area contributed by atoms with Crippen LogP contribution in [0.1, 0.15) is 35.9 Å². The first-order valence-electron chi connectivity index (χ1n) is 11.0. The molecule has 0 amide bonds. The Morgan fingerprint density at radius 1 is 0.882 bits per heavy atom. The summed E-state index contributed by atoms with van der Waals surface area (Å²) in [7, 11) is 3.28. The summed E-state index contributed by atoms with van der Waals surface area (Å²) < 4.78 is 11.1. The van der Waals surface area contributed by atoms with Crippen molar-refractivity contribution >= 4 is 40.4 Å². The molecule has 1 aliphatic carbocycles. The first-order chi connectivity index (χ1) is 16.5. The normalized spacial score (nSPS) is 19.4. The van der Waals surface area contributed by atoms with Gasteiger partial charge >= 0.3 is 0 Å². The molecular formula is C27H24Cl2N2O3. The van der Waals surface area contributed by atoms with Crippen LogP contribution in [0.4, 0.5) is 11.4 Å². The van der Waals surface area contributed by atoms with Gasteiger partial charge in [-0.15, -0.1) is 0 Å². The molecule has 2 atom stereocenters. The Morgan fingerprint density at radius 2 is 1.68 bits per heavy atom. The number of para-hydroxylation sites is 2. The van der Waals surface area contributed by atoms with Crippen LogP contribution >= 0.6 is 23.2 Å². The molecule has 0 bridgehead atoms. The largest absolute Gasteiger partial charge is 0.497 e. The summed E-state index contributed by atoms with van der Waals surface area (Å²) in [6, 6.07) is 18.6. The number of fused-ring (bicyclic) bond motifs is 1. The van der Waals surface area contributed by atoms with Gasteiger partial charge in [-0.25, -0.2) is 0 Å². The highest BCUT2D eigenvalue weighted by molar-refractivity contribution is 6.35. The van der Waals surface area contributed by atoms with Crippen molar-refractivity contribution in [2.75, 3.05) is 24.9 Å². The molecule has 7 heteroatoms. The summed E-state index contributed by atoms with van der Waals surface area (Å²) in [5.74, 6) is 1.47. The van der Waals surface area contributed by atoms with Crippen LogP contribution in [0.5, 0.6) is 11.5 Å². The third-order valence-electron chi connectivity index (χ3n) is 6.46. The van der Waals surface area contributed by atoms with Crippen molar-refractivity contribution in [3.63, 3.8) is 0 Å². The van der Waals surface area contributed by atoms with Gasteiger partial charge in [0, 0.05) is 39.2 Å². The third-order valence-corrected chi connectivity index (χ3v) is 7.02. The summed E-state index contributed by atoms with van der Waals surface area (Å²) >= 11 is 12.8. The minimum atomic E-state index is -0.406. The van der Waals surface area contributed by atoms with Crippen molar-refractivity contribution in [3.8, 4) is 11.5 Å². The number of anilines is 2. The second-order valence-corrected chi connectivity index (χ2v) is 9.29. The number of ether oxygens (including phenoxy) is 2. The zero-order valence-corrected chi connectivity index (χ0v) is 20.3. The van der Waals surface area contributed by atoms with Gasteiger partial charge in [-0.05, 0) is 54.4 Å². The highest BCUT2D eigenvalue weighted by atomic mass is 35.5. The lowest BCUT2D eigenvalue weighted by atomic mass is 9.78. The monoisotopic (exact) mass is 494 g/mol. The number of ketones is 1. The number of nitrogens with one attached hydrogen (secondary N) is 2. The lowest BCUT2D eigenvalue weighted by Crippen LogP contribution is -2.27. The van der Waals surface area contributed by atoms with E-state index in [0.717, 1.165) is 39.7 Å². The second-order valence-electron chi connectivity index (χ2n) is 8.44. The minimum Gasteiger partial charge on any atom is -0.497 e. The molecule has 5 rings (SSSR count). The molecule has 0 aromatic heterocycles. The lowest BCUT2D eigenvalue weighted by Gasteiger charge is -2.31. The number of carbonyl (C=O) groups is 1. The van der Waals surface area contributed by atoms with Crippen LogP contribution in [0.15, 0.2) is 71.9 Å². The lowest BCUT2D eigenvalue weighted by molar-refractivity contribution is -0.116. The Hall–Kier alpha value is -3.15. The van der Waals surface area contributed by atoms with Crippen LogP contribution in [0.2, 0.25) is 10.0 Å². The molecule has 0 spiro atoms. The molecule has 3 aromatic carbocycles. The number of allylic oxidation sites excluding steroid dienone is 1. The SMILES string of the molecule is COc1ccc(OC)c(C2CC(=O)C3=C(C2)Nc2ccccc2NC3c2ccc(Cl)cc2Cl)c1. The Labute approximate surface area is 208 Å². The van der Waals surface area contributed by atoms with E-state index in [-0.39, 0.29) is 11.7 Å². The fourth-order valence-corrected chi connectivity index (χ4v) is 5.36. The maximum Gasteiger partial charge on any atom is 0.163 e. The molecule has 5 nitrogen and oxygen atoms in total. The molecule has 3 aromatic rings. The molecule has 34 heavy (non-hydrogen) atoms. The van der Waals surface area contributed by atoms with Crippen molar-refractivity contribution in [3.05, 3.63) is 93.1 Å². The van der Waals surface area contributed by atoms with Gasteiger partial charge in [0.15, 0.2) is 5.78 Å². The molecule has 1 heterocycles. The van der Waals surface area contributed by atoms with Crippen molar-refractivity contribution in [2.45, 2.75) is 24.8 Å². The molecule has 1 aliphatic heterocycles. The van der Waals surface area contributed by atoms with Crippen LogP contribution in [0, 0.1) is 0 Å². The Morgan fingerprint density at radius 3 is 2.41 bits per heavy atom. The van der Waals surface area contributed by atoms with Crippen molar-refractivity contribution < 1.29 is 14.3 Å². The summed E-state index contributed by atoms with van der Waals surface area (Å²) in [5.41, 5.74) is 5.14. The first kappa shape index (κ1) is 22.6. The summed E-state index contributed by atoms with van der Waals surface area (Å²) in [6.45, 7) is 0. The van der Waals surface area contributed by atoms with Crippen molar-refractivity contribution in [1.82, 2.24) is 0 Å². The fourth-order valence-electron chi connectivity index (χ4n) is 4.84. The molecule has 2 unspecified atom stereocenters. The topological polar surface area (TPSA) is 59.6 Å². The summed E-state index contributed by atoms with van der Waals surface area (Å²) in [4.78, 5) is 13.8. The minimum absolute atomic E-state index is 0.0555. The quantitative estimate of drug-likeness (QED) is 0.409. The number of hydrogen-bond acceptors (Lipinski definition) is 5. The number of halogens is 2. The maximum atomic E-state index is 13.8. The second kappa shape index (κ2) is 9.24. The summed E-state index contributed by atoms with van der Waals surface area (Å²) in [6.07, 6.45) is 0.992. The molecule has 0 saturated carbocycles. The van der Waals surface area contributed by atoms with Gasteiger partial charge < -0.3 is 20.1 Å². The average Bonchev–Trinajstić information content (AvgIpc) is 3.00. The predicted molar refractivity (Wildman–Crippen MR) is 136 cm³/mol. The third kappa shape index (κ3) is 4.10. The average molecular weight is 495 g/mol. The molecule has 0 radical (unpaired) electrons. The van der Waals surface area contributed by atoms with Crippen molar-refractivity contribution in [1.29, 1.82) is 0 Å². The van der Waals surface area contributed by atoms with E-state index in [4.69, 9.17) is 32.7 Å². The first-order valence-corrected chi connectivity index (χ1v) is 11.8. The van der Waals surface area contributed by atoms with E-state index in [0.29, 0.717) is 28.5 Å². The van der Waals surface area contributed by atoms with E-state index in [1.165, 1.54) is 0 Å². The number of carbonyl (C=O) groups excluding carboxylic acids is 1. The molecule has 174 valence electrons. The Kier molecular flexibility index (Phi) is 6.15. The van der Waals surface area contributed by atoms with Gasteiger partial charge in [-0.3, -0.25) is 4.79 Å². The Bertz CT molecular complexity index is 1300. The van der Waals surface area contributed by atoms with Gasteiger partial charge in [-0.1, -0.05) is 41.4 Å². The molecular weight excluding hydrogens is 471 g/mol. The van der Waals surface area contributed by atoms with Crippen LogP contribution in [0.25, 0.3) is 0 Å². The smallest absolute Gasteiger partial charge is 0.163 e. The summed E-state index contributed by atoms with van der Waals surface area (Å²) in [5, 5.41) is 8.16. The fraction of sp³-hybridized carbons (Fsp3) is 0.222. The zero-order chi connectivity index (χ0) is 23.8. The maximum absolute atomic E-state index is 13.8. The molecule has 2 aliphatic rings. The van der Waals surface area contributed by atoms with E-state index in [1.807, 2.05) is 48.5 Å². The van der Waals surface area contributed by atoms with E-state index in [1.54, 1.807) is 26.4 Å². The molecule has 0 saturated heterocycles. The zero-order valence-electron chi connectivity index (χ0n) is 18.8. The van der Waals surface area contributed by atoms with Gasteiger partial charge in [0.2, 0.25) is 0 Å². The van der Waals surface area contributed by atoms with E-state index in [9.17, 15) is 4.79 Å². The van der Waals surface area contributed by atoms with Gasteiger partial charge in [0.1, 0.15) is 11.5 Å². The van der Waals surface area contributed by atoms with Gasteiger partial charge in [-0.2, -0.15) is 0 Å². The van der Waals surface area contributed by atoms with Gasteiger partial charge in [0.05, 0.1) is 31.6 Å². The number of methoxy groups -OCH3 is 2.